The average molecular weight is 422 g/mol. The monoisotopic (exact) mass is 421 g/mol. The fourth-order valence-corrected chi connectivity index (χ4v) is 5.18. The molecule has 1 atom stereocenters. The molecule has 0 radical (unpaired) electrons. The molecular formula is C24H27N3O2S. The first kappa shape index (κ1) is 20.5. The summed E-state index contributed by atoms with van der Waals surface area (Å²) < 4.78 is 1.22. The summed E-state index contributed by atoms with van der Waals surface area (Å²) in [5.74, 6) is 0.384. The van der Waals surface area contributed by atoms with Crippen LogP contribution < -0.4 is 5.32 Å². The number of nitrogens with zero attached hydrogens (tertiary/aromatic N) is 2. The number of fused-ring (bicyclic) bond motifs is 1. The minimum atomic E-state index is -0.294. The molecule has 6 heteroatoms. The van der Waals surface area contributed by atoms with Gasteiger partial charge in [0.1, 0.15) is 0 Å². The minimum absolute atomic E-state index is 0.0945. The highest BCUT2D eigenvalue weighted by molar-refractivity contribution is 7.18. The quantitative estimate of drug-likeness (QED) is 0.656. The van der Waals surface area contributed by atoms with E-state index in [0.29, 0.717) is 5.92 Å². The highest BCUT2D eigenvalue weighted by Crippen LogP contribution is 2.34. The van der Waals surface area contributed by atoms with Crippen LogP contribution in [0.25, 0.3) is 10.2 Å². The van der Waals surface area contributed by atoms with E-state index in [2.05, 4.69) is 17.4 Å². The number of aryl methyl sites for hydroxylation is 1. The summed E-state index contributed by atoms with van der Waals surface area (Å²) in [7, 11) is 0. The summed E-state index contributed by atoms with van der Waals surface area (Å²) in [6, 6.07) is 15.9. The Kier molecular flexibility index (Phi) is 6.13. The van der Waals surface area contributed by atoms with Crippen LogP contribution in [0.4, 0.5) is 0 Å². The van der Waals surface area contributed by atoms with E-state index in [-0.39, 0.29) is 24.3 Å². The molecule has 2 heterocycles. The highest BCUT2D eigenvalue weighted by Gasteiger charge is 2.27. The van der Waals surface area contributed by atoms with Crippen molar-refractivity contribution in [3.8, 4) is 0 Å². The van der Waals surface area contributed by atoms with Crippen molar-refractivity contribution in [1.82, 2.24) is 15.2 Å². The summed E-state index contributed by atoms with van der Waals surface area (Å²) in [6.07, 6.45) is 2.15. The van der Waals surface area contributed by atoms with Gasteiger partial charge < -0.3 is 10.2 Å². The molecule has 1 N–H and O–H groups in total. The summed E-state index contributed by atoms with van der Waals surface area (Å²) in [5, 5.41) is 4.12. The largest absolute Gasteiger partial charge is 0.349 e. The minimum Gasteiger partial charge on any atom is -0.349 e. The third-order valence-electron chi connectivity index (χ3n) is 5.74. The Morgan fingerprint density at radius 1 is 1.13 bits per heavy atom. The molecule has 1 aromatic heterocycles. The number of carbonyl (C=O) groups is 2. The molecule has 1 fully saturated rings. The summed E-state index contributed by atoms with van der Waals surface area (Å²) in [6.45, 7) is 4.99. The molecule has 3 aromatic rings. The van der Waals surface area contributed by atoms with Crippen molar-refractivity contribution in [2.75, 3.05) is 13.1 Å². The molecule has 1 saturated heterocycles. The number of hydrogen-bond acceptors (Lipinski definition) is 4. The van der Waals surface area contributed by atoms with Crippen LogP contribution in [0.2, 0.25) is 0 Å². The number of piperidine rings is 1. The van der Waals surface area contributed by atoms with Crippen LogP contribution in [-0.2, 0) is 9.59 Å². The Morgan fingerprint density at radius 3 is 2.50 bits per heavy atom. The number of para-hydroxylation sites is 1. The molecule has 30 heavy (non-hydrogen) atoms. The van der Waals surface area contributed by atoms with Crippen molar-refractivity contribution in [2.24, 2.45) is 0 Å². The lowest BCUT2D eigenvalue weighted by molar-refractivity contribution is -0.133. The van der Waals surface area contributed by atoms with Gasteiger partial charge in [-0.25, -0.2) is 4.98 Å². The van der Waals surface area contributed by atoms with Crippen LogP contribution in [0.3, 0.4) is 0 Å². The molecule has 156 valence electrons. The Bertz CT molecular complexity index is 1000. The normalized spacial score (nSPS) is 15.9. The smallest absolute Gasteiger partial charge is 0.224 e. The third kappa shape index (κ3) is 4.70. The lowest BCUT2D eigenvalue weighted by Gasteiger charge is -2.32. The lowest BCUT2D eigenvalue weighted by atomic mass is 9.96. The van der Waals surface area contributed by atoms with E-state index in [1.165, 1.54) is 16.6 Å². The molecule has 1 unspecified atom stereocenters. The number of aromatic nitrogens is 1. The zero-order valence-electron chi connectivity index (χ0n) is 17.4. The van der Waals surface area contributed by atoms with E-state index in [1.807, 2.05) is 48.2 Å². The number of benzene rings is 2. The molecule has 0 aliphatic carbocycles. The zero-order chi connectivity index (χ0) is 21.1. The van der Waals surface area contributed by atoms with Crippen LogP contribution in [-0.4, -0.2) is 34.8 Å². The van der Waals surface area contributed by atoms with Crippen molar-refractivity contribution in [1.29, 1.82) is 0 Å². The predicted octanol–water partition coefficient (Wildman–Crippen LogP) is 4.58. The van der Waals surface area contributed by atoms with Crippen molar-refractivity contribution >= 4 is 33.4 Å². The fraction of sp³-hybridized carbons (Fsp3) is 0.375. The Morgan fingerprint density at radius 2 is 1.83 bits per heavy atom. The molecule has 1 aliphatic heterocycles. The van der Waals surface area contributed by atoms with Gasteiger partial charge in [0.15, 0.2) is 0 Å². The number of likely N-dealkylation sites (tertiary alicyclic amines) is 1. The van der Waals surface area contributed by atoms with Gasteiger partial charge in [0.25, 0.3) is 0 Å². The average Bonchev–Trinajstić information content (AvgIpc) is 3.18. The first-order chi connectivity index (χ1) is 14.5. The van der Waals surface area contributed by atoms with E-state index in [1.54, 1.807) is 11.3 Å². The molecule has 2 aromatic carbocycles. The van der Waals surface area contributed by atoms with E-state index in [0.717, 1.165) is 42.6 Å². The summed E-state index contributed by atoms with van der Waals surface area (Å²) >= 11 is 1.77. The predicted molar refractivity (Wildman–Crippen MR) is 121 cm³/mol. The molecule has 0 bridgehead atoms. The lowest BCUT2D eigenvalue weighted by Crippen LogP contribution is -2.40. The van der Waals surface area contributed by atoms with Gasteiger partial charge in [0.2, 0.25) is 11.8 Å². The van der Waals surface area contributed by atoms with Crippen molar-refractivity contribution < 1.29 is 9.59 Å². The van der Waals surface area contributed by atoms with Crippen LogP contribution in [0.1, 0.15) is 54.3 Å². The number of rotatable bonds is 5. The maximum absolute atomic E-state index is 13.0. The second-order valence-corrected chi connectivity index (χ2v) is 9.11. The van der Waals surface area contributed by atoms with Crippen LogP contribution in [0.15, 0.2) is 48.5 Å². The molecule has 0 spiro atoms. The first-order valence-electron chi connectivity index (χ1n) is 10.5. The van der Waals surface area contributed by atoms with Gasteiger partial charge in [-0.2, -0.15) is 0 Å². The Labute approximate surface area is 181 Å². The Balaban J connectivity index is 1.38. The van der Waals surface area contributed by atoms with E-state index < -0.39 is 0 Å². The van der Waals surface area contributed by atoms with Gasteiger partial charge in [0, 0.05) is 25.9 Å². The van der Waals surface area contributed by atoms with E-state index >= 15 is 0 Å². The zero-order valence-corrected chi connectivity index (χ0v) is 18.2. The molecular weight excluding hydrogens is 394 g/mol. The number of nitrogens with one attached hydrogen (secondary N) is 1. The number of hydrogen-bond donors (Lipinski definition) is 1. The maximum atomic E-state index is 13.0. The second kappa shape index (κ2) is 8.96. The highest BCUT2D eigenvalue weighted by atomic mass is 32.1. The topological polar surface area (TPSA) is 62.3 Å². The Hall–Kier alpha value is -2.73. The van der Waals surface area contributed by atoms with Crippen LogP contribution in [0, 0.1) is 6.92 Å². The van der Waals surface area contributed by atoms with Gasteiger partial charge in [-0.1, -0.05) is 42.0 Å². The standard InChI is InChI=1S/C24H27N3O2S/c1-16-7-9-18(10-8-16)21(25-17(2)28)15-23(29)27-13-11-19(12-14-27)24-26-20-5-3-4-6-22(20)30-24/h3-10,19,21H,11-15H2,1-2H3,(H,25,28). The van der Waals surface area contributed by atoms with Gasteiger partial charge in [-0.3, -0.25) is 9.59 Å². The van der Waals surface area contributed by atoms with E-state index in [9.17, 15) is 9.59 Å². The molecule has 1 aliphatic rings. The molecule has 4 rings (SSSR count). The van der Waals surface area contributed by atoms with Gasteiger partial charge in [-0.15, -0.1) is 11.3 Å². The van der Waals surface area contributed by atoms with Crippen LogP contribution in [0.5, 0.6) is 0 Å². The van der Waals surface area contributed by atoms with Crippen molar-refractivity contribution in [3.63, 3.8) is 0 Å². The molecule has 2 amide bonds. The SMILES string of the molecule is CC(=O)NC(CC(=O)N1CCC(c2nc3ccccc3s2)CC1)c1ccc(C)cc1. The number of amides is 2. The maximum Gasteiger partial charge on any atom is 0.224 e. The third-order valence-corrected chi connectivity index (χ3v) is 6.94. The molecule has 5 nitrogen and oxygen atoms in total. The first-order valence-corrected chi connectivity index (χ1v) is 11.3. The fourth-order valence-electron chi connectivity index (χ4n) is 4.04. The van der Waals surface area contributed by atoms with Gasteiger partial charge in [0.05, 0.1) is 27.7 Å². The molecule has 0 saturated carbocycles. The van der Waals surface area contributed by atoms with Crippen molar-refractivity contribution in [3.05, 3.63) is 64.7 Å². The van der Waals surface area contributed by atoms with Gasteiger partial charge in [-0.05, 0) is 37.5 Å². The van der Waals surface area contributed by atoms with Gasteiger partial charge >= 0.3 is 0 Å². The summed E-state index contributed by atoms with van der Waals surface area (Å²) in [5.41, 5.74) is 3.18. The number of thiazole rings is 1. The van der Waals surface area contributed by atoms with Crippen LogP contribution >= 0.6 is 11.3 Å². The summed E-state index contributed by atoms with van der Waals surface area (Å²) in [4.78, 5) is 31.4. The second-order valence-electron chi connectivity index (χ2n) is 8.04. The van der Waals surface area contributed by atoms with Crippen molar-refractivity contribution in [2.45, 2.75) is 45.1 Å². The van der Waals surface area contributed by atoms with E-state index in [4.69, 9.17) is 4.98 Å². The number of carbonyl (C=O) groups excluding carboxylic acids is 2.